The van der Waals surface area contributed by atoms with Gasteiger partial charge >= 0.3 is 6.03 Å². The van der Waals surface area contributed by atoms with Crippen LogP contribution in [-0.4, -0.2) is 41.5 Å². The summed E-state index contributed by atoms with van der Waals surface area (Å²) < 4.78 is 0. The Bertz CT molecular complexity index is 1090. The molecule has 7 heteroatoms. The van der Waals surface area contributed by atoms with Crippen molar-refractivity contribution in [1.29, 1.82) is 0 Å². The van der Waals surface area contributed by atoms with Crippen molar-refractivity contribution in [3.63, 3.8) is 0 Å². The molecule has 1 aliphatic rings. The summed E-state index contributed by atoms with van der Waals surface area (Å²) in [6.07, 6.45) is 3.35. The van der Waals surface area contributed by atoms with Crippen molar-refractivity contribution in [3.8, 4) is 11.1 Å². The molecule has 0 aliphatic carbocycles. The van der Waals surface area contributed by atoms with E-state index in [0.717, 1.165) is 34.7 Å². The SMILES string of the molecule is C=CCNC(=O)N1CCC(c2nc(C(=O)Nc3ccccc3-c3ccccc3)cs2)CC1. The lowest BCUT2D eigenvalue weighted by Gasteiger charge is -2.31. The smallest absolute Gasteiger partial charge is 0.317 e. The van der Waals surface area contributed by atoms with Gasteiger partial charge in [0.1, 0.15) is 5.69 Å². The van der Waals surface area contributed by atoms with Gasteiger partial charge in [-0.25, -0.2) is 9.78 Å². The normalized spacial score (nSPS) is 14.1. The average molecular weight is 447 g/mol. The van der Waals surface area contributed by atoms with E-state index in [-0.39, 0.29) is 17.9 Å². The number of piperidine rings is 1. The topological polar surface area (TPSA) is 74.3 Å². The third-order valence-corrected chi connectivity index (χ3v) is 6.55. The first-order valence-corrected chi connectivity index (χ1v) is 11.6. The molecule has 0 radical (unpaired) electrons. The van der Waals surface area contributed by atoms with Gasteiger partial charge in [-0.3, -0.25) is 4.79 Å². The van der Waals surface area contributed by atoms with E-state index in [0.29, 0.717) is 25.3 Å². The van der Waals surface area contributed by atoms with Crippen molar-refractivity contribution in [2.24, 2.45) is 0 Å². The zero-order chi connectivity index (χ0) is 22.3. The number of urea groups is 1. The van der Waals surface area contributed by atoms with Gasteiger partial charge in [-0.1, -0.05) is 54.6 Å². The molecule has 1 fully saturated rings. The van der Waals surface area contributed by atoms with Crippen molar-refractivity contribution in [1.82, 2.24) is 15.2 Å². The first kappa shape index (κ1) is 21.8. The molecule has 1 aromatic heterocycles. The first-order valence-electron chi connectivity index (χ1n) is 10.7. The van der Waals surface area contributed by atoms with Gasteiger partial charge in [0.05, 0.1) is 5.01 Å². The Kier molecular flexibility index (Phi) is 6.97. The third-order valence-electron chi connectivity index (χ3n) is 5.54. The fraction of sp³-hybridized carbons (Fsp3) is 0.240. The second kappa shape index (κ2) is 10.2. The van der Waals surface area contributed by atoms with E-state index in [1.54, 1.807) is 6.08 Å². The molecule has 164 valence electrons. The Morgan fingerprint density at radius 2 is 1.81 bits per heavy atom. The molecule has 2 heterocycles. The van der Waals surface area contributed by atoms with E-state index in [1.807, 2.05) is 64.9 Å². The van der Waals surface area contributed by atoms with Crippen molar-refractivity contribution >= 4 is 29.0 Å². The highest BCUT2D eigenvalue weighted by molar-refractivity contribution is 7.10. The number of thiazole rings is 1. The van der Waals surface area contributed by atoms with Crippen LogP contribution in [0.15, 0.2) is 72.6 Å². The predicted molar refractivity (Wildman–Crippen MR) is 129 cm³/mol. The molecule has 2 N–H and O–H groups in total. The number of carbonyl (C=O) groups is 2. The Labute approximate surface area is 192 Å². The highest BCUT2D eigenvalue weighted by Gasteiger charge is 2.26. The van der Waals surface area contributed by atoms with Crippen LogP contribution in [0.4, 0.5) is 10.5 Å². The first-order chi connectivity index (χ1) is 15.7. The summed E-state index contributed by atoms with van der Waals surface area (Å²) >= 11 is 1.51. The molecule has 0 spiro atoms. The van der Waals surface area contributed by atoms with Crippen LogP contribution in [0.5, 0.6) is 0 Å². The van der Waals surface area contributed by atoms with Gasteiger partial charge in [0.2, 0.25) is 0 Å². The van der Waals surface area contributed by atoms with E-state index < -0.39 is 0 Å². The van der Waals surface area contributed by atoms with Crippen LogP contribution in [0.25, 0.3) is 11.1 Å². The maximum Gasteiger partial charge on any atom is 0.317 e. The number of likely N-dealkylation sites (tertiary alicyclic amines) is 1. The summed E-state index contributed by atoms with van der Waals surface area (Å²) in [5.41, 5.74) is 3.21. The lowest BCUT2D eigenvalue weighted by atomic mass is 9.98. The van der Waals surface area contributed by atoms with Crippen LogP contribution in [0.3, 0.4) is 0 Å². The highest BCUT2D eigenvalue weighted by atomic mass is 32.1. The van der Waals surface area contributed by atoms with Crippen LogP contribution in [0, 0.1) is 0 Å². The molecule has 0 atom stereocenters. The highest BCUT2D eigenvalue weighted by Crippen LogP contribution is 2.31. The predicted octanol–water partition coefficient (Wildman–Crippen LogP) is 5.14. The molecule has 1 aliphatic heterocycles. The number of hydrogen-bond acceptors (Lipinski definition) is 4. The molecule has 32 heavy (non-hydrogen) atoms. The van der Waals surface area contributed by atoms with Gasteiger partial charge in [-0.15, -0.1) is 17.9 Å². The number of nitrogens with one attached hydrogen (secondary N) is 2. The standard InChI is InChI=1S/C25H26N4O2S/c1-2-14-26-25(31)29-15-12-19(13-16-29)24-28-22(17-32-24)23(30)27-21-11-7-6-10-20(21)18-8-4-3-5-9-18/h2-11,17,19H,1,12-16H2,(H,26,31)(H,27,30). The van der Waals surface area contributed by atoms with E-state index >= 15 is 0 Å². The minimum absolute atomic E-state index is 0.0559. The Balaban J connectivity index is 1.39. The van der Waals surface area contributed by atoms with Gasteiger partial charge in [-0.05, 0) is 24.5 Å². The van der Waals surface area contributed by atoms with Crippen LogP contribution in [0.1, 0.15) is 34.3 Å². The number of amides is 3. The number of rotatable bonds is 6. The largest absolute Gasteiger partial charge is 0.335 e. The second-order valence-corrected chi connectivity index (χ2v) is 8.56. The summed E-state index contributed by atoms with van der Waals surface area (Å²) in [5.74, 6) is 0.0544. The molecule has 3 aromatic rings. The van der Waals surface area contributed by atoms with Gasteiger partial charge in [0, 0.05) is 42.2 Å². The summed E-state index contributed by atoms with van der Waals surface area (Å²) in [7, 11) is 0. The molecule has 0 saturated carbocycles. The molecular formula is C25H26N4O2S. The number of nitrogens with zero attached hydrogens (tertiary/aromatic N) is 2. The molecule has 4 rings (SSSR count). The van der Waals surface area contributed by atoms with Crippen LogP contribution >= 0.6 is 11.3 Å². The number of para-hydroxylation sites is 1. The minimum atomic E-state index is -0.211. The van der Waals surface area contributed by atoms with Crippen LogP contribution < -0.4 is 10.6 Å². The van der Waals surface area contributed by atoms with Crippen LogP contribution in [0.2, 0.25) is 0 Å². The van der Waals surface area contributed by atoms with E-state index in [1.165, 1.54) is 11.3 Å². The van der Waals surface area contributed by atoms with E-state index in [2.05, 4.69) is 22.2 Å². The number of benzene rings is 2. The molecule has 1 saturated heterocycles. The maximum atomic E-state index is 12.9. The lowest BCUT2D eigenvalue weighted by Crippen LogP contribution is -2.44. The molecule has 6 nitrogen and oxygen atoms in total. The lowest BCUT2D eigenvalue weighted by molar-refractivity contribution is 0.102. The summed E-state index contributed by atoms with van der Waals surface area (Å²) in [4.78, 5) is 31.4. The quantitative estimate of drug-likeness (QED) is 0.515. The van der Waals surface area contributed by atoms with Crippen LogP contribution in [-0.2, 0) is 0 Å². The van der Waals surface area contributed by atoms with Crippen molar-refractivity contribution in [2.75, 3.05) is 25.0 Å². The molecule has 0 bridgehead atoms. The number of aromatic nitrogens is 1. The fourth-order valence-corrected chi connectivity index (χ4v) is 4.80. The van der Waals surface area contributed by atoms with Crippen molar-refractivity contribution < 1.29 is 9.59 Å². The zero-order valence-electron chi connectivity index (χ0n) is 17.8. The number of anilines is 1. The Morgan fingerprint density at radius 1 is 1.09 bits per heavy atom. The Hall–Kier alpha value is -3.45. The van der Waals surface area contributed by atoms with Gasteiger partial charge in [0.15, 0.2) is 0 Å². The monoisotopic (exact) mass is 446 g/mol. The molecule has 0 unspecified atom stereocenters. The summed E-state index contributed by atoms with van der Waals surface area (Å²) in [5, 5.41) is 8.61. The van der Waals surface area contributed by atoms with Crippen molar-refractivity contribution in [2.45, 2.75) is 18.8 Å². The molecule has 2 aromatic carbocycles. The fourth-order valence-electron chi connectivity index (χ4n) is 3.83. The average Bonchev–Trinajstić information content (AvgIpc) is 3.34. The minimum Gasteiger partial charge on any atom is -0.335 e. The number of hydrogen-bond donors (Lipinski definition) is 2. The van der Waals surface area contributed by atoms with Crippen molar-refractivity contribution in [3.05, 3.63) is 83.3 Å². The third kappa shape index (κ3) is 5.06. The summed E-state index contributed by atoms with van der Waals surface area (Å²) in [6, 6.07) is 17.7. The summed E-state index contributed by atoms with van der Waals surface area (Å²) in [6.45, 7) is 5.45. The second-order valence-electron chi connectivity index (χ2n) is 7.67. The maximum absolute atomic E-state index is 12.9. The Morgan fingerprint density at radius 3 is 2.56 bits per heavy atom. The zero-order valence-corrected chi connectivity index (χ0v) is 18.6. The molecular weight excluding hydrogens is 420 g/mol. The number of carbonyl (C=O) groups excluding carboxylic acids is 2. The van der Waals surface area contributed by atoms with Gasteiger partial charge < -0.3 is 15.5 Å². The van der Waals surface area contributed by atoms with E-state index in [4.69, 9.17) is 0 Å². The van der Waals surface area contributed by atoms with E-state index in [9.17, 15) is 9.59 Å². The molecule has 3 amide bonds. The van der Waals surface area contributed by atoms with Gasteiger partial charge in [0.25, 0.3) is 5.91 Å². The van der Waals surface area contributed by atoms with Gasteiger partial charge in [-0.2, -0.15) is 0 Å².